The highest BCUT2D eigenvalue weighted by Gasteiger charge is 2.28. The van der Waals surface area contributed by atoms with Crippen molar-refractivity contribution in [1.82, 2.24) is 14.7 Å². The highest BCUT2D eigenvalue weighted by molar-refractivity contribution is 7.89. The average Bonchev–Trinajstić information content (AvgIpc) is 2.39. The number of nitrogens with zero attached hydrogens (tertiary/aromatic N) is 2. The number of sulfonamides is 1. The number of nitrogens with two attached hydrogens (primary N) is 1. The predicted molar refractivity (Wildman–Crippen MR) is 72.3 cm³/mol. The lowest BCUT2D eigenvalue weighted by Crippen LogP contribution is -2.39. The van der Waals surface area contributed by atoms with Gasteiger partial charge < -0.3 is 5.73 Å². The van der Waals surface area contributed by atoms with E-state index in [-0.39, 0.29) is 28.0 Å². The lowest BCUT2D eigenvalue weighted by Gasteiger charge is -2.27. The summed E-state index contributed by atoms with van der Waals surface area (Å²) in [6, 6.07) is -0.203. The average molecular weight is 319 g/mol. The highest BCUT2D eigenvalue weighted by Crippen LogP contribution is 2.25. The van der Waals surface area contributed by atoms with Gasteiger partial charge in [-0.05, 0) is 37.3 Å². The monoisotopic (exact) mass is 318 g/mol. The second kappa shape index (κ2) is 6.02. The van der Waals surface area contributed by atoms with E-state index in [1.54, 1.807) is 0 Å². The van der Waals surface area contributed by atoms with Gasteiger partial charge in [-0.2, -0.15) is 0 Å². The first-order chi connectivity index (χ1) is 9.38. The molecule has 0 unspecified atom stereocenters. The van der Waals surface area contributed by atoms with Gasteiger partial charge in [0.1, 0.15) is 4.90 Å². The van der Waals surface area contributed by atoms with Gasteiger partial charge in [0.25, 0.3) is 0 Å². The third kappa shape index (κ3) is 3.65. The molecular formula is C11H15ClN4O3S. The van der Waals surface area contributed by atoms with Gasteiger partial charge in [-0.15, -0.1) is 0 Å². The Labute approximate surface area is 122 Å². The maximum Gasteiger partial charge on any atom is 0.243 e. The third-order valence-corrected chi connectivity index (χ3v) is 5.03. The third-order valence-electron chi connectivity index (χ3n) is 3.36. The Bertz CT molecular complexity index is 582. The van der Waals surface area contributed by atoms with Crippen LogP contribution in [-0.2, 0) is 14.8 Å². The van der Waals surface area contributed by atoms with E-state index < -0.39 is 10.0 Å². The predicted octanol–water partition coefficient (Wildman–Crippen LogP) is 0.452. The van der Waals surface area contributed by atoms with Crippen LogP contribution in [0, 0.1) is 5.92 Å². The quantitative estimate of drug-likeness (QED) is 0.782. The molecule has 0 aromatic carbocycles. The van der Waals surface area contributed by atoms with Crippen molar-refractivity contribution in [3.05, 3.63) is 17.7 Å². The number of hydrogen-bond acceptors (Lipinski definition) is 5. The van der Waals surface area contributed by atoms with E-state index in [0.717, 1.165) is 12.4 Å². The van der Waals surface area contributed by atoms with E-state index in [1.807, 2.05) is 0 Å². The number of nitrogens with one attached hydrogen (secondary N) is 1. The molecular weight excluding hydrogens is 304 g/mol. The van der Waals surface area contributed by atoms with Gasteiger partial charge in [-0.3, -0.25) is 4.79 Å². The van der Waals surface area contributed by atoms with Crippen LogP contribution in [0.5, 0.6) is 0 Å². The number of rotatable bonds is 4. The van der Waals surface area contributed by atoms with Crippen molar-refractivity contribution in [2.24, 2.45) is 11.7 Å². The normalized spacial score (nSPS) is 23.4. The molecule has 1 saturated carbocycles. The molecule has 0 saturated heterocycles. The fraction of sp³-hybridized carbons (Fsp3) is 0.545. The van der Waals surface area contributed by atoms with Crippen LogP contribution in [0.2, 0.25) is 5.28 Å². The minimum absolute atomic E-state index is 0.00841. The molecule has 1 aliphatic rings. The fourth-order valence-electron chi connectivity index (χ4n) is 2.22. The van der Waals surface area contributed by atoms with Crippen molar-refractivity contribution < 1.29 is 13.2 Å². The van der Waals surface area contributed by atoms with Gasteiger partial charge >= 0.3 is 0 Å². The SMILES string of the molecule is NC(=O)C1CCC(NS(=O)(=O)c2cnc(Cl)nc2)CC1. The van der Waals surface area contributed by atoms with E-state index in [9.17, 15) is 13.2 Å². The zero-order valence-corrected chi connectivity index (χ0v) is 12.2. The van der Waals surface area contributed by atoms with Gasteiger partial charge in [-0.1, -0.05) is 0 Å². The van der Waals surface area contributed by atoms with E-state index in [1.165, 1.54) is 0 Å². The van der Waals surface area contributed by atoms with Gasteiger partial charge in [0.2, 0.25) is 21.2 Å². The number of carbonyl (C=O) groups is 1. The number of aromatic nitrogens is 2. The van der Waals surface area contributed by atoms with Gasteiger partial charge in [0, 0.05) is 12.0 Å². The molecule has 0 bridgehead atoms. The molecule has 0 spiro atoms. The Balaban J connectivity index is 2.00. The summed E-state index contributed by atoms with van der Waals surface area (Å²) >= 11 is 5.52. The minimum Gasteiger partial charge on any atom is -0.369 e. The molecule has 1 aliphatic carbocycles. The second-order valence-corrected chi connectivity index (χ2v) is 6.81. The highest BCUT2D eigenvalue weighted by atomic mass is 35.5. The van der Waals surface area contributed by atoms with Crippen LogP contribution in [-0.4, -0.2) is 30.3 Å². The first-order valence-electron chi connectivity index (χ1n) is 6.17. The summed E-state index contributed by atoms with van der Waals surface area (Å²) in [4.78, 5) is 18.3. The molecule has 0 atom stereocenters. The maximum absolute atomic E-state index is 12.1. The molecule has 3 N–H and O–H groups in total. The van der Waals surface area contributed by atoms with E-state index >= 15 is 0 Å². The Morgan fingerprint density at radius 1 is 1.25 bits per heavy atom. The summed E-state index contributed by atoms with van der Waals surface area (Å²) in [5, 5.41) is -0.00841. The number of amides is 1. The molecule has 9 heteroatoms. The topological polar surface area (TPSA) is 115 Å². The smallest absolute Gasteiger partial charge is 0.243 e. The Morgan fingerprint density at radius 2 is 1.80 bits per heavy atom. The van der Waals surface area contributed by atoms with Gasteiger partial charge in [-0.25, -0.2) is 23.1 Å². The van der Waals surface area contributed by atoms with Crippen molar-refractivity contribution in [3.8, 4) is 0 Å². The van der Waals surface area contributed by atoms with Crippen LogP contribution >= 0.6 is 11.6 Å². The Hall–Kier alpha value is -1.25. The molecule has 20 heavy (non-hydrogen) atoms. The number of carbonyl (C=O) groups excluding carboxylic acids is 1. The summed E-state index contributed by atoms with van der Waals surface area (Å²) in [6.45, 7) is 0. The summed E-state index contributed by atoms with van der Waals surface area (Å²) in [7, 11) is -3.66. The minimum atomic E-state index is -3.66. The van der Waals surface area contributed by atoms with Crippen molar-refractivity contribution >= 4 is 27.5 Å². The van der Waals surface area contributed by atoms with Crippen molar-refractivity contribution in [2.45, 2.75) is 36.6 Å². The van der Waals surface area contributed by atoms with Crippen LogP contribution < -0.4 is 10.5 Å². The van der Waals surface area contributed by atoms with Gasteiger partial charge in [0.15, 0.2) is 0 Å². The number of halogens is 1. The lowest BCUT2D eigenvalue weighted by atomic mass is 9.86. The van der Waals surface area contributed by atoms with E-state index in [4.69, 9.17) is 17.3 Å². The largest absolute Gasteiger partial charge is 0.369 e. The second-order valence-electron chi connectivity index (χ2n) is 4.76. The summed E-state index contributed by atoms with van der Waals surface area (Å²) in [5.41, 5.74) is 5.24. The maximum atomic E-state index is 12.1. The molecule has 1 heterocycles. The first-order valence-corrected chi connectivity index (χ1v) is 8.04. The van der Waals surface area contributed by atoms with Crippen LogP contribution in [0.4, 0.5) is 0 Å². The molecule has 0 aliphatic heterocycles. The summed E-state index contributed by atoms with van der Waals surface area (Å²) in [5.74, 6) is -0.480. The van der Waals surface area contributed by atoms with Crippen molar-refractivity contribution in [1.29, 1.82) is 0 Å². The molecule has 110 valence electrons. The van der Waals surface area contributed by atoms with Crippen LogP contribution in [0.1, 0.15) is 25.7 Å². The van der Waals surface area contributed by atoms with E-state index in [2.05, 4.69) is 14.7 Å². The van der Waals surface area contributed by atoms with Crippen LogP contribution in [0.3, 0.4) is 0 Å². The zero-order valence-electron chi connectivity index (χ0n) is 10.6. The van der Waals surface area contributed by atoms with E-state index in [0.29, 0.717) is 25.7 Å². The first kappa shape index (κ1) is 15.1. The van der Waals surface area contributed by atoms with Crippen LogP contribution in [0.25, 0.3) is 0 Å². The zero-order chi connectivity index (χ0) is 14.8. The van der Waals surface area contributed by atoms with Crippen LogP contribution in [0.15, 0.2) is 17.3 Å². The molecule has 1 aromatic heterocycles. The molecule has 1 aromatic rings. The summed E-state index contributed by atoms with van der Waals surface area (Å²) in [6.07, 6.45) is 4.68. The molecule has 2 rings (SSSR count). The lowest BCUT2D eigenvalue weighted by molar-refractivity contribution is -0.122. The van der Waals surface area contributed by atoms with Crippen molar-refractivity contribution in [3.63, 3.8) is 0 Å². The fourth-order valence-corrected chi connectivity index (χ4v) is 3.51. The van der Waals surface area contributed by atoms with Crippen molar-refractivity contribution in [2.75, 3.05) is 0 Å². The van der Waals surface area contributed by atoms with Gasteiger partial charge in [0.05, 0.1) is 12.4 Å². The molecule has 7 nitrogen and oxygen atoms in total. The standard InChI is InChI=1S/C11H15ClN4O3S/c12-11-14-5-9(6-15-11)20(18,19)16-8-3-1-7(2-4-8)10(13)17/h5-8,16H,1-4H2,(H2,13,17). The molecule has 1 amide bonds. The molecule has 1 fully saturated rings. The molecule has 0 radical (unpaired) electrons. The number of hydrogen-bond donors (Lipinski definition) is 2. The Morgan fingerprint density at radius 3 is 2.30 bits per heavy atom. The Kier molecular flexibility index (Phi) is 4.56. The number of primary amides is 1. The summed E-state index contributed by atoms with van der Waals surface area (Å²) < 4.78 is 26.8.